The van der Waals surface area contributed by atoms with Crippen LogP contribution < -0.4 is 0 Å². The molecule has 1 aromatic heterocycles. The number of fused-ring (bicyclic) bond motifs is 11. The molecule has 0 saturated carbocycles. The predicted octanol–water partition coefficient (Wildman–Crippen LogP) is 15.5. The Morgan fingerprint density at radius 3 is 1.66 bits per heavy atom. The van der Waals surface area contributed by atoms with Crippen LogP contribution in [0.4, 0.5) is 0 Å². The van der Waals surface area contributed by atoms with E-state index in [0.29, 0.717) is 0 Å². The van der Waals surface area contributed by atoms with Gasteiger partial charge in [0.25, 0.3) is 0 Å². The van der Waals surface area contributed by atoms with Crippen molar-refractivity contribution in [3.8, 4) is 44.5 Å². The second kappa shape index (κ2) is 11.5. The number of furan rings is 1. The summed E-state index contributed by atoms with van der Waals surface area (Å²) in [6.45, 7) is 4.70. The van der Waals surface area contributed by atoms with Crippen LogP contribution in [0.2, 0.25) is 0 Å². The van der Waals surface area contributed by atoms with Crippen molar-refractivity contribution in [2.24, 2.45) is 0 Å². The second-order valence-electron chi connectivity index (χ2n) is 16.0. The van der Waals surface area contributed by atoms with Crippen molar-refractivity contribution in [1.82, 2.24) is 0 Å². The Bertz CT molecular complexity index is 3370. The van der Waals surface area contributed by atoms with Crippen molar-refractivity contribution in [2.45, 2.75) is 19.3 Å². The summed E-state index contributed by atoms with van der Waals surface area (Å²) in [6.07, 6.45) is 0. The Morgan fingerprint density at radius 2 is 0.911 bits per heavy atom. The summed E-state index contributed by atoms with van der Waals surface area (Å²) in [5.74, 6) is 0. The molecule has 0 saturated heterocycles. The average Bonchev–Trinajstić information content (AvgIpc) is 3.72. The smallest absolute Gasteiger partial charge is 0.136 e. The van der Waals surface area contributed by atoms with Gasteiger partial charge in [0.1, 0.15) is 11.2 Å². The molecule has 0 N–H and O–H groups in total. The number of rotatable bonds is 3. The average molecular weight is 713 g/mol. The van der Waals surface area contributed by atoms with Crippen LogP contribution in [0.5, 0.6) is 0 Å². The SMILES string of the molecule is CC1(C)c2ccccc2-c2cc(-c3c4ccccc4c(-c4ccc(-c5ccc6cc7c(cc6c5)oc5ccc6ccccc6c57)cc4)c4ccccc34)ccc21. The third-order valence-corrected chi connectivity index (χ3v) is 12.6. The summed E-state index contributed by atoms with van der Waals surface area (Å²) in [7, 11) is 0. The van der Waals surface area contributed by atoms with E-state index >= 15 is 0 Å². The molecule has 0 fully saturated rings. The van der Waals surface area contributed by atoms with Gasteiger partial charge in [0, 0.05) is 16.2 Å². The van der Waals surface area contributed by atoms with Gasteiger partial charge in [-0.3, -0.25) is 0 Å². The van der Waals surface area contributed by atoms with Gasteiger partial charge in [0.15, 0.2) is 0 Å². The summed E-state index contributed by atoms with van der Waals surface area (Å²) in [5, 5.41) is 12.3. The van der Waals surface area contributed by atoms with Crippen LogP contribution in [0.25, 0.3) is 110 Å². The molecule has 56 heavy (non-hydrogen) atoms. The summed E-state index contributed by atoms with van der Waals surface area (Å²) < 4.78 is 6.43. The first-order valence-corrected chi connectivity index (χ1v) is 19.6. The van der Waals surface area contributed by atoms with Gasteiger partial charge in [-0.25, -0.2) is 0 Å². The fraction of sp³-hybridized carbons (Fsp3) is 0.0545. The van der Waals surface area contributed by atoms with E-state index in [1.54, 1.807) is 0 Å². The highest BCUT2D eigenvalue weighted by molar-refractivity contribution is 6.22. The van der Waals surface area contributed by atoms with Crippen molar-refractivity contribution in [1.29, 1.82) is 0 Å². The number of hydrogen-bond donors (Lipinski definition) is 0. The molecule has 1 nitrogen and oxygen atoms in total. The largest absolute Gasteiger partial charge is 0.456 e. The van der Waals surface area contributed by atoms with E-state index < -0.39 is 0 Å². The first-order chi connectivity index (χ1) is 27.5. The van der Waals surface area contributed by atoms with Gasteiger partial charge < -0.3 is 4.42 Å². The van der Waals surface area contributed by atoms with Crippen LogP contribution in [0.3, 0.4) is 0 Å². The van der Waals surface area contributed by atoms with Gasteiger partial charge in [-0.1, -0.05) is 166 Å². The molecular formula is C55H36O. The fourth-order valence-electron chi connectivity index (χ4n) is 9.92. The van der Waals surface area contributed by atoms with E-state index in [-0.39, 0.29) is 5.41 Å². The van der Waals surface area contributed by atoms with Gasteiger partial charge >= 0.3 is 0 Å². The minimum Gasteiger partial charge on any atom is -0.456 e. The lowest BCUT2D eigenvalue weighted by Crippen LogP contribution is -2.14. The third kappa shape index (κ3) is 4.43. The molecule has 0 spiro atoms. The fourth-order valence-corrected chi connectivity index (χ4v) is 9.92. The molecule has 1 aliphatic carbocycles. The Kier molecular flexibility index (Phi) is 6.46. The van der Waals surface area contributed by atoms with Crippen molar-refractivity contribution in [3.63, 3.8) is 0 Å². The molecule has 0 atom stereocenters. The van der Waals surface area contributed by atoms with Crippen LogP contribution in [0.15, 0.2) is 186 Å². The van der Waals surface area contributed by atoms with Crippen LogP contribution in [0, 0.1) is 0 Å². The van der Waals surface area contributed by atoms with Gasteiger partial charge in [-0.05, 0) is 129 Å². The molecule has 10 aromatic carbocycles. The lowest BCUT2D eigenvalue weighted by molar-refractivity contribution is 0.660. The minimum absolute atomic E-state index is 0.0196. The van der Waals surface area contributed by atoms with E-state index in [1.807, 2.05) is 0 Å². The van der Waals surface area contributed by atoms with Gasteiger partial charge in [0.05, 0.1) is 0 Å². The molecular weight excluding hydrogens is 677 g/mol. The van der Waals surface area contributed by atoms with Crippen LogP contribution in [-0.4, -0.2) is 0 Å². The van der Waals surface area contributed by atoms with Gasteiger partial charge in [-0.15, -0.1) is 0 Å². The van der Waals surface area contributed by atoms with Gasteiger partial charge in [-0.2, -0.15) is 0 Å². The quantitative estimate of drug-likeness (QED) is 0.166. The maximum Gasteiger partial charge on any atom is 0.136 e. The lowest BCUT2D eigenvalue weighted by Gasteiger charge is -2.22. The van der Waals surface area contributed by atoms with Crippen LogP contribution in [-0.2, 0) is 5.41 Å². The topological polar surface area (TPSA) is 13.1 Å². The summed E-state index contributed by atoms with van der Waals surface area (Å²) in [6, 6.07) is 67.2. The molecule has 1 aliphatic rings. The van der Waals surface area contributed by atoms with Crippen molar-refractivity contribution < 1.29 is 4.42 Å². The third-order valence-electron chi connectivity index (χ3n) is 12.6. The second-order valence-corrected chi connectivity index (χ2v) is 16.0. The molecule has 0 radical (unpaired) electrons. The van der Waals surface area contributed by atoms with E-state index in [2.05, 4.69) is 196 Å². The maximum absolute atomic E-state index is 6.43. The molecule has 0 bridgehead atoms. The molecule has 12 rings (SSSR count). The van der Waals surface area contributed by atoms with Crippen molar-refractivity contribution in [3.05, 3.63) is 193 Å². The van der Waals surface area contributed by atoms with E-state index in [4.69, 9.17) is 4.42 Å². The molecule has 0 amide bonds. The zero-order valence-corrected chi connectivity index (χ0v) is 31.2. The molecule has 1 heterocycles. The lowest BCUT2D eigenvalue weighted by atomic mass is 9.81. The number of benzene rings is 10. The Balaban J connectivity index is 0.974. The Morgan fingerprint density at radius 1 is 0.339 bits per heavy atom. The number of hydrogen-bond acceptors (Lipinski definition) is 1. The minimum atomic E-state index is -0.0196. The van der Waals surface area contributed by atoms with Gasteiger partial charge in [0.2, 0.25) is 0 Å². The van der Waals surface area contributed by atoms with E-state index in [1.165, 1.54) is 104 Å². The summed E-state index contributed by atoms with van der Waals surface area (Å²) in [5.41, 5.74) is 14.8. The van der Waals surface area contributed by atoms with Crippen LogP contribution in [0.1, 0.15) is 25.0 Å². The first kappa shape index (κ1) is 31.4. The highest BCUT2D eigenvalue weighted by Gasteiger charge is 2.35. The molecule has 262 valence electrons. The standard InChI is InChI=1S/C55H36O/c1-55(2)48-18-10-9-13-41(48)46-31-38(25-27-49(46)55)53-44-16-7-5-14-42(44)52(43-15-6-8-17-45(43)53)35-21-19-33(20-22-35)36-23-24-37-30-47-51(32-39(37)29-36)56-50-28-26-34-11-3-4-12-40(34)54(47)50/h3-32H,1-2H3. The highest BCUT2D eigenvalue weighted by atomic mass is 16.3. The zero-order valence-electron chi connectivity index (χ0n) is 31.2. The summed E-state index contributed by atoms with van der Waals surface area (Å²) >= 11 is 0. The molecule has 11 aromatic rings. The first-order valence-electron chi connectivity index (χ1n) is 19.6. The Labute approximate surface area is 325 Å². The monoisotopic (exact) mass is 712 g/mol. The van der Waals surface area contributed by atoms with E-state index in [0.717, 1.165) is 16.6 Å². The molecule has 0 unspecified atom stereocenters. The Hall–Kier alpha value is -6.96. The highest BCUT2D eigenvalue weighted by Crippen LogP contribution is 2.51. The predicted molar refractivity (Wildman–Crippen MR) is 238 cm³/mol. The zero-order chi connectivity index (χ0) is 37.1. The normalized spacial score (nSPS) is 13.3. The maximum atomic E-state index is 6.43. The molecule has 1 heteroatoms. The van der Waals surface area contributed by atoms with E-state index in [9.17, 15) is 0 Å². The van der Waals surface area contributed by atoms with Crippen LogP contribution >= 0.6 is 0 Å². The molecule has 0 aliphatic heterocycles. The summed E-state index contributed by atoms with van der Waals surface area (Å²) in [4.78, 5) is 0. The van der Waals surface area contributed by atoms with Crippen molar-refractivity contribution in [2.75, 3.05) is 0 Å². The van der Waals surface area contributed by atoms with Crippen molar-refractivity contribution >= 4 is 65.0 Å².